The number of hydrogen-bond donors (Lipinski definition) is 0. The number of benzene rings is 2. The van der Waals surface area contributed by atoms with Crippen LogP contribution in [0.2, 0.25) is 0 Å². The summed E-state index contributed by atoms with van der Waals surface area (Å²) in [6.45, 7) is -2.88. The summed E-state index contributed by atoms with van der Waals surface area (Å²) < 4.78 is 34.3. The number of carbonyl (C=O) groups is 1. The Morgan fingerprint density at radius 1 is 1.07 bits per heavy atom. The fraction of sp³-hybridized carbons (Fsp3) is 0.286. The maximum absolute atomic E-state index is 12.5. The first-order valence-electron chi connectivity index (χ1n) is 9.25. The van der Waals surface area contributed by atoms with Crippen LogP contribution in [0.5, 0.6) is 5.75 Å². The van der Waals surface area contributed by atoms with Crippen LogP contribution in [0.3, 0.4) is 0 Å². The Bertz CT molecular complexity index is 1010. The van der Waals surface area contributed by atoms with E-state index < -0.39 is 6.61 Å². The van der Waals surface area contributed by atoms with Gasteiger partial charge in [0.25, 0.3) is 5.22 Å². The zero-order valence-corrected chi connectivity index (χ0v) is 16.3. The van der Waals surface area contributed by atoms with Crippen LogP contribution in [0.25, 0.3) is 11.5 Å². The molecule has 0 amide bonds. The molecule has 1 heterocycles. The topological polar surface area (TPSA) is 65.2 Å². The third kappa shape index (κ3) is 4.82. The van der Waals surface area contributed by atoms with Crippen molar-refractivity contribution in [2.45, 2.75) is 37.5 Å². The minimum atomic E-state index is -2.88. The number of alkyl halides is 2. The molecule has 0 radical (unpaired) electrons. The molecule has 1 aliphatic rings. The van der Waals surface area contributed by atoms with Crippen LogP contribution < -0.4 is 4.74 Å². The van der Waals surface area contributed by atoms with Crippen molar-refractivity contribution in [3.8, 4) is 17.2 Å². The van der Waals surface area contributed by atoms with Gasteiger partial charge in [0.15, 0.2) is 5.78 Å². The molecule has 2 aromatic carbocycles. The molecule has 0 fully saturated rings. The number of aryl methyl sites for hydroxylation is 2. The summed E-state index contributed by atoms with van der Waals surface area (Å²) in [4.78, 5) is 12.5. The monoisotopic (exact) mass is 416 g/mol. The van der Waals surface area contributed by atoms with Crippen LogP contribution in [0, 0.1) is 0 Å². The van der Waals surface area contributed by atoms with Crippen LogP contribution in [-0.2, 0) is 12.8 Å². The second-order valence-electron chi connectivity index (χ2n) is 6.68. The Balaban J connectivity index is 1.37. The number of thioether (sulfide) groups is 1. The Morgan fingerprint density at radius 3 is 2.59 bits per heavy atom. The van der Waals surface area contributed by atoms with Crippen molar-refractivity contribution in [3.63, 3.8) is 0 Å². The van der Waals surface area contributed by atoms with E-state index in [0.717, 1.165) is 12.8 Å². The van der Waals surface area contributed by atoms with Gasteiger partial charge in [0.05, 0.1) is 5.75 Å². The van der Waals surface area contributed by atoms with Crippen molar-refractivity contribution in [1.82, 2.24) is 10.2 Å². The van der Waals surface area contributed by atoms with Crippen molar-refractivity contribution in [1.29, 1.82) is 0 Å². The van der Waals surface area contributed by atoms with E-state index in [4.69, 9.17) is 4.42 Å². The average Bonchev–Trinajstić information content (AvgIpc) is 3.21. The molecule has 0 saturated carbocycles. The number of rotatable bonds is 7. The summed E-state index contributed by atoms with van der Waals surface area (Å²) in [5.41, 5.74) is 3.89. The van der Waals surface area contributed by atoms with E-state index in [1.54, 1.807) is 12.1 Å². The standard InChI is InChI=1S/C21H18F2N2O3S/c22-20(23)27-17-9-7-14(8-10-17)19-24-25-21(28-19)29-12-18(26)16-6-5-13-3-1-2-4-15(13)11-16/h5-11,20H,1-4,12H2. The predicted octanol–water partition coefficient (Wildman–Crippen LogP) is 5.19. The maximum Gasteiger partial charge on any atom is 0.387 e. The lowest BCUT2D eigenvalue weighted by Crippen LogP contribution is -2.07. The largest absolute Gasteiger partial charge is 0.435 e. The van der Waals surface area contributed by atoms with Gasteiger partial charge in [0, 0.05) is 11.1 Å². The minimum absolute atomic E-state index is 0.0108. The van der Waals surface area contributed by atoms with Crippen molar-refractivity contribution >= 4 is 17.5 Å². The van der Waals surface area contributed by atoms with Gasteiger partial charge in [-0.05, 0) is 67.1 Å². The first-order valence-corrected chi connectivity index (χ1v) is 10.2. The highest BCUT2D eigenvalue weighted by molar-refractivity contribution is 7.99. The zero-order valence-electron chi connectivity index (χ0n) is 15.4. The molecule has 0 saturated heterocycles. The van der Waals surface area contributed by atoms with Gasteiger partial charge in [-0.1, -0.05) is 23.9 Å². The minimum Gasteiger partial charge on any atom is -0.435 e. The highest BCUT2D eigenvalue weighted by Crippen LogP contribution is 2.27. The van der Waals surface area contributed by atoms with Gasteiger partial charge in [-0.25, -0.2) is 0 Å². The molecule has 0 spiro atoms. The lowest BCUT2D eigenvalue weighted by atomic mass is 9.90. The highest BCUT2D eigenvalue weighted by Gasteiger charge is 2.15. The number of ether oxygens (including phenoxy) is 1. The smallest absolute Gasteiger partial charge is 0.387 e. The van der Waals surface area contributed by atoms with E-state index in [1.165, 1.54) is 47.9 Å². The van der Waals surface area contributed by atoms with Crippen molar-refractivity contribution in [3.05, 3.63) is 59.2 Å². The third-order valence-corrected chi connectivity index (χ3v) is 5.55. The Labute approximate surface area is 170 Å². The van der Waals surface area contributed by atoms with Gasteiger partial charge in [-0.15, -0.1) is 10.2 Å². The summed E-state index contributed by atoms with van der Waals surface area (Å²) in [6, 6.07) is 11.8. The summed E-state index contributed by atoms with van der Waals surface area (Å²) in [7, 11) is 0. The fourth-order valence-electron chi connectivity index (χ4n) is 3.28. The molecule has 0 atom stereocenters. The SMILES string of the molecule is O=C(CSc1nnc(-c2ccc(OC(F)F)cc2)o1)c1ccc2c(c1)CCCC2. The quantitative estimate of drug-likeness (QED) is 0.390. The van der Waals surface area contributed by atoms with Crippen LogP contribution in [0.4, 0.5) is 8.78 Å². The van der Waals surface area contributed by atoms with E-state index in [1.807, 2.05) is 12.1 Å². The van der Waals surface area contributed by atoms with E-state index >= 15 is 0 Å². The van der Waals surface area contributed by atoms with Crippen LogP contribution in [0.15, 0.2) is 52.1 Å². The van der Waals surface area contributed by atoms with Gasteiger partial charge in [-0.3, -0.25) is 4.79 Å². The molecular weight excluding hydrogens is 398 g/mol. The Morgan fingerprint density at radius 2 is 1.83 bits per heavy atom. The fourth-order valence-corrected chi connectivity index (χ4v) is 3.94. The van der Waals surface area contributed by atoms with E-state index in [9.17, 15) is 13.6 Å². The molecule has 1 aromatic heterocycles. The molecule has 3 aromatic rings. The van der Waals surface area contributed by atoms with Crippen molar-refractivity contribution in [2.24, 2.45) is 0 Å². The summed E-state index contributed by atoms with van der Waals surface area (Å²) in [5.74, 6) is 0.504. The molecule has 0 bridgehead atoms. The molecule has 0 unspecified atom stereocenters. The molecular formula is C21H18F2N2O3S. The molecule has 0 aliphatic heterocycles. The number of carbonyl (C=O) groups excluding carboxylic acids is 1. The number of halogens is 2. The molecule has 0 N–H and O–H groups in total. The van der Waals surface area contributed by atoms with Gasteiger partial charge in [-0.2, -0.15) is 8.78 Å². The van der Waals surface area contributed by atoms with E-state index in [2.05, 4.69) is 21.0 Å². The number of aromatic nitrogens is 2. The van der Waals surface area contributed by atoms with Gasteiger partial charge in [0.1, 0.15) is 5.75 Å². The van der Waals surface area contributed by atoms with Gasteiger partial charge < -0.3 is 9.15 Å². The molecule has 4 rings (SSSR count). The van der Waals surface area contributed by atoms with Gasteiger partial charge >= 0.3 is 6.61 Å². The lowest BCUT2D eigenvalue weighted by Gasteiger charge is -2.16. The average molecular weight is 416 g/mol. The van der Waals surface area contributed by atoms with Crippen molar-refractivity contribution in [2.75, 3.05) is 5.75 Å². The van der Waals surface area contributed by atoms with Gasteiger partial charge in [0.2, 0.25) is 5.89 Å². The Kier molecular flexibility index (Phi) is 5.89. The second kappa shape index (κ2) is 8.73. The molecule has 8 heteroatoms. The molecule has 150 valence electrons. The summed E-state index contributed by atoms with van der Waals surface area (Å²) in [6.07, 6.45) is 4.48. The predicted molar refractivity (Wildman–Crippen MR) is 105 cm³/mol. The first kappa shape index (κ1) is 19.6. The second-order valence-corrected chi connectivity index (χ2v) is 7.61. The zero-order chi connectivity index (χ0) is 20.2. The highest BCUT2D eigenvalue weighted by atomic mass is 32.2. The lowest BCUT2D eigenvalue weighted by molar-refractivity contribution is -0.0498. The van der Waals surface area contributed by atoms with Crippen LogP contribution in [0.1, 0.15) is 34.3 Å². The van der Waals surface area contributed by atoms with Crippen LogP contribution >= 0.6 is 11.8 Å². The number of hydrogen-bond acceptors (Lipinski definition) is 6. The third-order valence-electron chi connectivity index (χ3n) is 4.73. The van der Waals surface area contributed by atoms with E-state index in [0.29, 0.717) is 11.1 Å². The molecule has 1 aliphatic carbocycles. The number of ketones is 1. The van der Waals surface area contributed by atoms with Crippen molar-refractivity contribution < 1.29 is 22.7 Å². The van der Waals surface area contributed by atoms with Crippen LogP contribution in [-0.4, -0.2) is 28.3 Å². The molecule has 29 heavy (non-hydrogen) atoms. The maximum atomic E-state index is 12.5. The number of fused-ring (bicyclic) bond motifs is 1. The summed E-state index contributed by atoms with van der Waals surface area (Å²) in [5, 5.41) is 8.17. The Hall–Kier alpha value is -2.74. The number of nitrogens with zero attached hydrogens (tertiary/aromatic N) is 2. The normalized spacial score (nSPS) is 13.3. The van der Waals surface area contributed by atoms with E-state index in [-0.39, 0.29) is 28.4 Å². The number of Topliss-reactive ketones (excluding diaryl/α,β-unsaturated/α-hetero) is 1. The first-order chi connectivity index (χ1) is 14.1. The molecule has 5 nitrogen and oxygen atoms in total. The summed E-state index contributed by atoms with van der Waals surface area (Å²) >= 11 is 1.17.